The van der Waals surface area contributed by atoms with Gasteiger partial charge in [0.05, 0.1) is 5.02 Å². The van der Waals surface area contributed by atoms with Crippen LogP contribution in [0.3, 0.4) is 0 Å². The average Bonchev–Trinajstić information content (AvgIpc) is 2.44. The van der Waals surface area contributed by atoms with Crippen LogP contribution in [0.15, 0.2) is 46.9 Å². The van der Waals surface area contributed by atoms with Crippen LogP contribution in [-0.2, 0) is 6.42 Å². The van der Waals surface area contributed by atoms with Crippen LogP contribution in [0.2, 0.25) is 5.02 Å². The summed E-state index contributed by atoms with van der Waals surface area (Å²) in [4.78, 5) is 12.1. The van der Waals surface area contributed by atoms with E-state index in [4.69, 9.17) is 11.6 Å². The van der Waals surface area contributed by atoms with E-state index < -0.39 is 0 Å². The van der Waals surface area contributed by atoms with E-state index >= 15 is 0 Å². The van der Waals surface area contributed by atoms with Gasteiger partial charge in [0.25, 0.3) is 5.91 Å². The summed E-state index contributed by atoms with van der Waals surface area (Å²) in [5.74, 6) is -0.427. The number of rotatable bonds is 4. The number of halogens is 3. The number of amides is 1. The Morgan fingerprint density at radius 2 is 1.95 bits per heavy atom. The van der Waals surface area contributed by atoms with Crippen molar-refractivity contribution in [3.05, 3.63) is 68.9 Å². The van der Waals surface area contributed by atoms with Crippen molar-refractivity contribution >= 4 is 33.4 Å². The largest absolute Gasteiger partial charge is 0.349 e. The molecule has 5 heteroatoms. The summed E-state index contributed by atoms with van der Waals surface area (Å²) < 4.78 is 13.5. The van der Waals surface area contributed by atoms with Crippen molar-refractivity contribution in [3.63, 3.8) is 0 Å². The van der Waals surface area contributed by atoms with Crippen LogP contribution in [-0.4, -0.2) is 11.9 Å². The number of carbonyl (C=O) groups is 1. The lowest BCUT2D eigenvalue weighted by Gasteiger charge is -2.14. The van der Waals surface area contributed by atoms with Gasteiger partial charge in [0.15, 0.2) is 0 Å². The fourth-order valence-corrected chi connectivity index (χ4v) is 2.47. The van der Waals surface area contributed by atoms with Gasteiger partial charge in [0.2, 0.25) is 0 Å². The molecule has 0 aliphatic heterocycles. The molecule has 0 saturated carbocycles. The minimum Gasteiger partial charge on any atom is -0.349 e. The normalized spacial score (nSPS) is 12.0. The smallest absolute Gasteiger partial charge is 0.251 e. The van der Waals surface area contributed by atoms with Gasteiger partial charge in [-0.05, 0) is 65.2 Å². The number of hydrogen-bond donors (Lipinski definition) is 1. The third-order valence-corrected chi connectivity index (χ3v) is 4.23. The monoisotopic (exact) mass is 369 g/mol. The van der Waals surface area contributed by atoms with Crippen LogP contribution >= 0.6 is 27.5 Å². The SMILES string of the molecule is CC(Cc1ccc(F)cc1)NC(=O)c1ccc(Cl)c(Br)c1. The second-order valence-electron chi connectivity index (χ2n) is 4.83. The molecule has 1 amide bonds. The van der Waals surface area contributed by atoms with Gasteiger partial charge in [-0.25, -0.2) is 4.39 Å². The first kappa shape index (κ1) is 16.0. The Morgan fingerprint density at radius 1 is 1.29 bits per heavy atom. The topological polar surface area (TPSA) is 29.1 Å². The van der Waals surface area contributed by atoms with Crippen molar-refractivity contribution in [3.8, 4) is 0 Å². The summed E-state index contributed by atoms with van der Waals surface area (Å²) in [7, 11) is 0. The number of hydrogen-bond acceptors (Lipinski definition) is 1. The second kappa shape index (κ2) is 7.05. The molecule has 0 saturated heterocycles. The lowest BCUT2D eigenvalue weighted by Crippen LogP contribution is -2.34. The Hall–Kier alpha value is -1.39. The lowest BCUT2D eigenvalue weighted by atomic mass is 10.1. The van der Waals surface area contributed by atoms with Gasteiger partial charge in [0.1, 0.15) is 5.82 Å². The molecule has 0 bridgehead atoms. The van der Waals surface area contributed by atoms with Crippen LogP contribution < -0.4 is 5.32 Å². The summed E-state index contributed by atoms with van der Waals surface area (Å²) in [5, 5.41) is 3.47. The Labute approximate surface area is 136 Å². The van der Waals surface area contributed by atoms with Crippen LogP contribution in [0.5, 0.6) is 0 Å². The molecule has 0 spiro atoms. The average molecular weight is 371 g/mol. The molecule has 0 aliphatic rings. The fraction of sp³-hybridized carbons (Fsp3) is 0.188. The Morgan fingerprint density at radius 3 is 2.57 bits per heavy atom. The Bertz CT molecular complexity index is 645. The van der Waals surface area contributed by atoms with E-state index in [2.05, 4.69) is 21.2 Å². The molecular formula is C16H14BrClFNO. The quantitative estimate of drug-likeness (QED) is 0.837. The van der Waals surface area contributed by atoms with Crippen molar-refractivity contribution in [2.45, 2.75) is 19.4 Å². The standard InChI is InChI=1S/C16H14BrClFNO/c1-10(8-11-2-5-13(19)6-3-11)20-16(21)12-4-7-15(18)14(17)9-12/h2-7,9-10H,8H2,1H3,(H,20,21). The highest BCUT2D eigenvalue weighted by molar-refractivity contribution is 9.10. The van der Waals surface area contributed by atoms with Crippen LogP contribution in [0.1, 0.15) is 22.8 Å². The molecule has 1 atom stereocenters. The van der Waals surface area contributed by atoms with E-state index in [1.54, 1.807) is 30.3 Å². The fourth-order valence-electron chi connectivity index (χ4n) is 1.97. The van der Waals surface area contributed by atoms with Crippen molar-refractivity contribution in [1.29, 1.82) is 0 Å². The molecule has 2 aromatic carbocycles. The maximum Gasteiger partial charge on any atom is 0.251 e. The first-order chi connectivity index (χ1) is 9.95. The molecule has 2 aromatic rings. The molecule has 0 aromatic heterocycles. The van der Waals surface area contributed by atoms with Crippen LogP contribution in [0.25, 0.3) is 0 Å². The molecule has 0 heterocycles. The summed E-state index contributed by atoms with van der Waals surface area (Å²) in [5.41, 5.74) is 1.51. The molecule has 0 fully saturated rings. The lowest BCUT2D eigenvalue weighted by molar-refractivity contribution is 0.0940. The molecular weight excluding hydrogens is 357 g/mol. The van der Waals surface area contributed by atoms with E-state index in [1.807, 2.05) is 6.92 Å². The predicted octanol–water partition coefficient (Wildman–Crippen LogP) is 4.60. The molecule has 1 unspecified atom stereocenters. The zero-order valence-electron chi connectivity index (χ0n) is 11.4. The van der Waals surface area contributed by atoms with E-state index in [0.717, 1.165) is 5.56 Å². The molecule has 0 radical (unpaired) electrons. The van der Waals surface area contributed by atoms with E-state index in [-0.39, 0.29) is 17.8 Å². The maximum absolute atomic E-state index is 12.8. The van der Waals surface area contributed by atoms with Crippen molar-refractivity contribution in [2.75, 3.05) is 0 Å². The van der Waals surface area contributed by atoms with Gasteiger partial charge < -0.3 is 5.32 Å². The summed E-state index contributed by atoms with van der Waals surface area (Å²) >= 11 is 9.20. The predicted molar refractivity (Wildman–Crippen MR) is 86.2 cm³/mol. The summed E-state index contributed by atoms with van der Waals surface area (Å²) in [6.45, 7) is 1.91. The third kappa shape index (κ3) is 4.55. The molecule has 21 heavy (non-hydrogen) atoms. The van der Waals surface area contributed by atoms with Gasteiger partial charge >= 0.3 is 0 Å². The second-order valence-corrected chi connectivity index (χ2v) is 6.10. The molecule has 2 rings (SSSR count). The molecule has 0 aliphatic carbocycles. The van der Waals surface area contributed by atoms with Crippen molar-refractivity contribution < 1.29 is 9.18 Å². The van der Waals surface area contributed by atoms with Gasteiger partial charge in [-0.2, -0.15) is 0 Å². The zero-order valence-corrected chi connectivity index (χ0v) is 13.7. The number of carbonyl (C=O) groups excluding carboxylic acids is 1. The van der Waals surface area contributed by atoms with Crippen LogP contribution in [0.4, 0.5) is 4.39 Å². The van der Waals surface area contributed by atoms with Gasteiger partial charge in [-0.3, -0.25) is 4.79 Å². The Kier molecular flexibility index (Phi) is 5.37. The minimum absolute atomic E-state index is 0.0579. The first-order valence-electron chi connectivity index (χ1n) is 6.46. The van der Waals surface area contributed by atoms with Crippen molar-refractivity contribution in [1.82, 2.24) is 5.32 Å². The van der Waals surface area contributed by atoms with Crippen LogP contribution in [0, 0.1) is 5.82 Å². The van der Waals surface area contributed by atoms with Gasteiger partial charge in [0, 0.05) is 16.1 Å². The van der Waals surface area contributed by atoms with E-state index in [9.17, 15) is 9.18 Å². The number of benzene rings is 2. The molecule has 110 valence electrons. The zero-order chi connectivity index (χ0) is 15.4. The van der Waals surface area contributed by atoms with Gasteiger partial charge in [-0.15, -0.1) is 0 Å². The minimum atomic E-state index is -0.263. The van der Waals surface area contributed by atoms with Gasteiger partial charge in [-0.1, -0.05) is 23.7 Å². The Balaban J connectivity index is 1.98. The van der Waals surface area contributed by atoms with Crippen molar-refractivity contribution in [2.24, 2.45) is 0 Å². The molecule has 2 nitrogen and oxygen atoms in total. The summed E-state index contributed by atoms with van der Waals surface area (Å²) in [6, 6.07) is 11.2. The highest BCUT2D eigenvalue weighted by Crippen LogP contribution is 2.23. The van der Waals surface area contributed by atoms with E-state index in [0.29, 0.717) is 21.5 Å². The number of nitrogens with one attached hydrogen (secondary N) is 1. The maximum atomic E-state index is 12.8. The van der Waals surface area contributed by atoms with E-state index in [1.165, 1.54) is 12.1 Å². The molecule has 1 N–H and O–H groups in total. The first-order valence-corrected chi connectivity index (χ1v) is 7.63. The summed E-state index contributed by atoms with van der Waals surface area (Å²) in [6.07, 6.45) is 0.640. The third-order valence-electron chi connectivity index (χ3n) is 3.01. The highest BCUT2D eigenvalue weighted by atomic mass is 79.9. The highest BCUT2D eigenvalue weighted by Gasteiger charge is 2.11.